The zero-order chi connectivity index (χ0) is 14.3. The molecule has 0 radical (unpaired) electrons. The van der Waals surface area contributed by atoms with Crippen molar-refractivity contribution < 1.29 is 14.0 Å². The normalized spacial score (nSPS) is 13.5. The highest BCUT2D eigenvalue weighted by Gasteiger charge is 2.29. The van der Waals surface area contributed by atoms with Crippen LogP contribution in [0.2, 0.25) is 0 Å². The van der Waals surface area contributed by atoms with Crippen LogP contribution < -0.4 is 5.32 Å². The summed E-state index contributed by atoms with van der Waals surface area (Å²) in [6.45, 7) is 3.99. The fraction of sp³-hybridized carbons (Fsp3) is 0.267. The molecule has 1 aromatic carbocycles. The van der Waals surface area contributed by atoms with Crippen LogP contribution in [0, 0.1) is 0 Å². The topological polar surface area (TPSA) is 72.2 Å². The van der Waals surface area contributed by atoms with Crippen molar-refractivity contribution in [2.24, 2.45) is 0 Å². The third-order valence-corrected chi connectivity index (χ3v) is 3.48. The van der Waals surface area contributed by atoms with Crippen LogP contribution in [-0.4, -0.2) is 16.8 Å². The summed E-state index contributed by atoms with van der Waals surface area (Å²) in [7, 11) is 0. The van der Waals surface area contributed by atoms with Gasteiger partial charge in [0.2, 0.25) is 5.89 Å². The van der Waals surface area contributed by atoms with Crippen LogP contribution >= 0.6 is 0 Å². The maximum absolute atomic E-state index is 11.7. The van der Waals surface area contributed by atoms with Crippen LogP contribution in [0.25, 0.3) is 11.5 Å². The zero-order valence-electron chi connectivity index (χ0n) is 11.3. The van der Waals surface area contributed by atoms with Gasteiger partial charge in [-0.05, 0) is 30.5 Å². The Morgan fingerprint density at radius 1 is 1.05 bits per heavy atom. The second-order valence-corrected chi connectivity index (χ2v) is 4.69. The minimum atomic E-state index is -0.365. The largest absolute Gasteiger partial charge is 0.444 e. The fourth-order valence-corrected chi connectivity index (χ4v) is 2.34. The van der Waals surface area contributed by atoms with Crippen LogP contribution in [0.15, 0.2) is 22.8 Å². The van der Waals surface area contributed by atoms with Crippen LogP contribution in [-0.2, 0) is 12.8 Å². The number of oxazole rings is 1. The monoisotopic (exact) mass is 270 g/mol. The van der Waals surface area contributed by atoms with Gasteiger partial charge in [0.25, 0.3) is 11.8 Å². The van der Waals surface area contributed by atoms with Gasteiger partial charge in [0, 0.05) is 5.56 Å². The van der Waals surface area contributed by atoms with Gasteiger partial charge < -0.3 is 4.42 Å². The molecular formula is C15H14N2O3. The quantitative estimate of drug-likeness (QED) is 0.869. The molecule has 0 spiro atoms. The number of carbonyl (C=O) groups excluding carboxylic acids is 2. The van der Waals surface area contributed by atoms with E-state index in [4.69, 9.17) is 4.42 Å². The molecule has 0 aliphatic carbocycles. The van der Waals surface area contributed by atoms with E-state index in [1.54, 1.807) is 18.4 Å². The Hall–Kier alpha value is -2.43. The van der Waals surface area contributed by atoms with E-state index in [1.165, 1.54) is 0 Å². The summed E-state index contributed by atoms with van der Waals surface area (Å²) in [5.74, 6) is -0.210. The molecule has 0 atom stereocenters. The van der Waals surface area contributed by atoms with Crippen LogP contribution in [0.1, 0.15) is 45.8 Å². The molecule has 0 saturated carbocycles. The van der Waals surface area contributed by atoms with Gasteiger partial charge in [0.05, 0.1) is 16.8 Å². The molecule has 1 aromatic heterocycles. The van der Waals surface area contributed by atoms with Crippen LogP contribution in [0.4, 0.5) is 0 Å². The molecule has 2 aromatic rings. The Bertz CT molecular complexity index is 716. The number of benzene rings is 1. The molecule has 5 heteroatoms. The van der Waals surface area contributed by atoms with Crippen molar-refractivity contribution >= 4 is 11.8 Å². The predicted molar refractivity (Wildman–Crippen MR) is 72.5 cm³/mol. The maximum Gasteiger partial charge on any atom is 0.258 e. The van der Waals surface area contributed by atoms with Crippen molar-refractivity contribution in [2.75, 3.05) is 0 Å². The fourth-order valence-electron chi connectivity index (χ4n) is 2.34. The Morgan fingerprint density at radius 3 is 2.35 bits per heavy atom. The van der Waals surface area contributed by atoms with Gasteiger partial charge in [-0.3, -0.25) is 14.9 Å². The smallest absolute Gasteiger partial charge is 0.258 e. The third kappa shape index (κ3) is 1.82. The average molecular weight is 270 g/mol. The molecule has 0 bridgehead atoms. The Morgan fingerprint density at radius 2 is 1.75 bits per heavy atom. The van der Waals surface area contributed by atoms with Gasteiger partial charge in [0.1, 0.15) is 6.26 Å². The van der Waals surface area contributed by atoms with Gasteiger partial charge in [-0.25, -0.2) is 4.98 Å². The number of hydrogen-bond donors (Lipinski definition) is 1. The van der Waals surface area contributed by atoms with E-state index in [0.29, 0.717) is 17.0 Å². The lowest BCUT2D eigenvalue weighted by molar-refractivity contribution is 0.0879. The van der Waals surface area contributed by atoms with Crippen molar-refractivity contribution in [3.05, 3.63) is 40.8 Å². The number of nitrogens with one attached hydrogen (secondary N) is 1. The Balaban J connectivity index is 2.18. The molecule has 2 heterocycles. The highest BCUT2D eigenvalue weighted by atomic mass is 16.3. The van der Waals surface area contributed by atoms with Crippen molar-refractivity contribution in [3.8, 4) is 11.5 Å². The minimum Gasteiger partial charge on any atom is -0.444 e. The zero-order valence-corrected chi connectivity index (χ0v) is 11.3. The lowest BCUT2D eigenvalue weighted by Gasteiger charge is -2.06. The molecular weight excluding hydrogens is 256 g/mol. The number of aryl methyl sites for hydroxylation is 2. The summed E-state index contributed by atoms with van der Waals surface area (Å²) >= 11 is 0. The Labute approximate surface area is 116 Å². The van der Waals surface area contributed by atoms with Crippen molar-refractivity contribution in [3.63, 3.8) is 0 Å². The second kappa shape index (κ2) is 4.59. The number of nitrogens with zero attached hydrogens (tertiary/aromatic N) is 1. The van der Waals surface area contributed by atoms with Crippen molar-refractivity contribution in [1.82, 2.24) is 10.3 Å². The summed E-state index contributed by atoms with van der Waals surface area (Å²) in [6.07, 6.45) is 3.13. The van der Waals surface area contributed by atoms with E-state index in [-0.39, 0.29) is 11.8 Å². The molecule has 0 saturated heterocycles. The number of rotatable bonds is 3. The number of carbonyl (C=O) groups is 2. The van der Waals surface area contributed by atoms with Crippen LogP contribution in [0.3, 0.4) is 0 Å². The first-order valence-electron chi connectivity index (χ1n) is 6.61. The van der Waals surface area contributed by atoms with Crippen LogP contribution in [0.5, 0.6) is 0 Å². The molecule has 1 N–H and O–H groups in total. The predicted octanol–water partition coefficient (Wildman–Crippen LogP) is 2.35. The van der Waals surface area contributed by atoms with E-state index >= 15 is 0 Å². The molecule has 0 unspecified atom stereocenters. The molecule has 102 valence electrons. The molecule has 2 amide bonds. The summed E-state index contributed by atoms with van der Waals surface area (Å²) in [5, 5.41) is 2.30. The summed E-state index contributed by atoms with van der Waals surface area (Å²) < 4.78 is 5.48. The third-order valence-electron chi connectivity index (χ3n) is 3.48. The molecule has 3 rings (SSSR count). The van der Waals surface area contributed by atoms with E-state index in [0.717, 1.165) is 29.7 Å². The van der Waals surface area contributed by atoms with Gasteiger partial charge in [-0.2, -0.15) is 0 Å². The highest BCUT2D eigenvalue weighted by molar-refractivity contribution is 6.22. The van der Waals surface area contributed by atoms with Crippen molar-refractivity contribution in [2.45, 2.75) is 26.7 Å². The average Bonchev–Trinajstić information content (AvgIpc) is 3.03. The Kier molecular flexibility index (Phi) is 2.89. The molecule has 5 nitrogen and oxygen atoms in total. The highest BCUT2D eigenvalue weighted by Crippen LogP contribution is 2.29. The molecule has 20 heavy (non-hydrogen) atoms. The van der Waals surface area contributed by atoms with E-state index in [9.17, 15) is 9.59 Å². The number of hydrogen-bond acceptors (Lipinski definition) is 4. The second-order valence-electron chi connectivity index (χ2n) is 4.69. The number of fused-ring (bicyclic) bond motifs is 1. The van der Waals surface area contributed by atoms with Gasteiger partial charge in [0.15, 0.2) is 0 Å². The molecule has 0 fully saturated rings. The first-order valence-corrected chi connectivity index (χ1v) is 6.61. The van der Waals surface area contributed by atoms with E-state index in [1.807, 2.05) is 13.8 Å². The summed E-state index contributed by atoms with van der Waals surface area (Å²) in [4.78, 5) is 27.8. The summed E-state index contributed by atoms with van der Waals surface area (Å²) in [5.41, 5.74) is 3.40. The van der Waals surface area contributed by atoms with Gasteiger partial charge >= 0.3 is 0 Å². The van der Waals surface area contributed by atoms with Crippen molar-refractivity contribution in [1.29, 1.82) is 0 Å². The van der Waals surface area contributed by atoms with Gasteiger partial charge in [-0.15, -0.1) is 0 Å². The van der Waals surface area contributed by atoms with E-state index in [2.05, 4.69) is 10.3 Å². The number of amides is 2. The minimum absolute atomic E-state index is 0.340. The van der Waals surface area contributed by atoms with Gasteiger partial charge in [-0.1, -0.05) is 13.8 Å². The maximum atomic E-state index is 11.7. The molecule has 1 aliphatic rings. The first kappa shape index (κ1) is 12.6. The first-order chi connectivity index (χ1) is 9.63. The van der Waals surface area contributed by atoms with E-state index < -0.39 is 0 Å². The number of imide groups is 1. The summed E-state index contributed by atoms with van der Waals surface area (Å²) in [6, 6.07) is 3.44. The molecule has 1 aliphatic heterocycles. The number of aromatic nitrogens is 1. The lowest BCUT2D eigenvalue weighted by Crippen LogP contribution is -2.19. The standard InChI is InChI=1S/C15H14N2O3/c1-3-8-5-11-12(14(19)17-13(11)18)6-10(8)15-16-9(4-2)7-20-15/h5-7H,3-4H2,1-2H3,(H,17,18,19). The SMILES string of the molecule is CCc1coc(-c2cc3c(cc2CC)C(=O)NC3=O)n1. The lowest BCUT2D eigenvalue weighted by atomic mass is 9.98.